The molecule has 4 aromatic rings. The fraction of sp³-hybridized carbons (Fsp3) is 0. The van der Waals surface area contributed by atoms with Gasteiger partial charge >= 0.3 is 0 Å². The highest BCUT2D eigenvalue weighted by Crippen LogP contribution is 2.20. The summed E-state index contributed by atoms with van der Waals surface area (Å²) >= 11 is 0. The largest absolute Gasteiger partial charge is 0.321 e. The minimum atomic E-state index is -0.251. The summed E-state index contributed by atoms with van der Waals surface area (Å²) in [4.78, 5) is 16.7. The number of tetrazole rings is 1. The highest BCUT2D eigenvalue weighted by atomic mass is 16.1. The number of rotatable bonds is 3. The van der Waals surface area contributed by atoms with E-state index in [0.29, 0.717) is 17.2 Å². The average Bonchev–Trinajstić information content (AvgIpc) is 3.16. The number of H-pyrrole nitrogens is 1. The first-order chi connectivity index (χ1) is 11.8. The highest BCUT2D eigenvalue weighted by Gasteiger charge is 2.12. The van der Waals surface area contributed by atoms with E-state index >= 15 is 0 Å². The fourth-order valence-corrected chi connectivity index (χ4v) is 2.48. The van der Waals surface area contributed by atoms with Crippen LogP contribution in [0.4, 0.5) is 5.69 Å². The molecule has 4 rings (SSSR count). The zero-order valence-corrected chi connectivity index (χ0v) is 12.5. The van der Waals surface area contributed by atoms with E-state index in [-0.39, 0.29) is 5.91 Å². The Bertz CT molecular complexity index is 990. The topological polar surface area (TPSA) is 96.5 Å². The lowest BCUT2D eigenvalue weighted by Crippen LogP contribution is -2.14. The molecule has 0 fully saturated rings. The van der Waals surface area contributed by atoms with Gasteiger partial charge in [-0.05, 0) is 40.9 Å². The number of carbonyl (C=O) groups is 1. The zero-order valence-electron chi connectivity index (χ0n) is 12.5. The molecule has 7 nitrogen and oxygen atoms in total. The summed E-state index contributed by atoms with van der Waals surface area (Å²) in [5.41, 5.74) is 1.88. The molecule has 116 valence electrons. The highest BCUT2D eigenvalue weighted by molar-refractivity contribution is 6.11. The minimum absolute atomic E-state index is 0.251. The molecule has 24 heavy (non-hydrogen) atoms. The van der Waals surface area contributed by atoms with Crippen LogP contribution in [-0.4, -0.2) is 31.5 Å². The van der Waals surface area contributed by atoms with E-state index in [1.807, 2.05) is 42.5 Å². The Morgan fingerprint density at radius 3 is 2.62 bits per heavy atom. The summed E-state index contributed by atoms with van der Waals surface area (Å²) in [5, 5.41) is 18.4. The molecule has 0 spiro atoms. The second-order valence-electron chi connectivity index (χ2n) is 5.15. The van der Waals surface area contributed by atoms with E-state index in [0.717, 1.165) is 16.3 Å². The van der Waals surface area contributed by atoms with Crippen LogP contribution in [0.2, 0.25) is 0 Å². The van der Waals surface area contributed by atoms with Gasteiger partial charge in [-0.15, -0.1) is 10.2 Å². The summed E-state index contributed by atoms with van der Waals surface area (Å²) in [6.07, 6.45) is 1.64. The van der Waals surface area contributed by atoms with E-state index < -0.39 is 0 Å². The molecule has 2 aromatic carbocycles. The van der Waals surface area contributed by atoms with E-state index in [9.17, 15) is 4.79 Å². The Kier molecular flexibility index (Phi) is 3.43. The third-order valence-electron chi connectivity index (χ3n) is 3.64. The van der Waals surface area contributed by atoms with E-state index in [1.54, 1.807) is 18.3 Å². The Hall–Kier alpha value is -3.61. The molecule has 2 heterocycles. The number of anilines is 1. The molecular formula is C17H12N6O. The number of aromatic amines is 1. The van der Waals surface area contributed by atoms with Crippen LogP contribution in [0.1, 0.15) is 10.5 Å². The quantitative estimate of drug-likeness (QED) is 0.605. The number of aromatic nitrogens is 5. The summed E-state index contributed by atoms with van der Waals surface area (Å²) < 4.78 is 0. The van der Waals surface area contributed by atoms with Crippen molar-refractivity contribution in [1.29, 1.82) is 0 Å². The first-order valence-electron chi connectivity index (χ1n) is 7.30. The maximum absolute atomic E-state index is 12.5. The first-order valence-corrected chi connectivity index (χ1v) is 7.30. The van der Waals surface area contributed by atoms with Gasteiger partial charge in [-0.3, -0.25) is 9.78 Å². The van der Waals surface area contributed by atoms with Crippen LogP contribution < -0.4 is 5.32 Å². The van der Waals surface area contributed by atoms with E-state index in [1.165, 1.54) is 0 Å². The summed E-state index contributed by atoms with van der Waals surface area (Å²) in [5.74, 6) is 0.253. The molecule has 7 heteroatoms. The molecule has 1 amide bonds. The smallest absolute Gasteiger partial charge is 0.274 e. The molecule has 0 atom stereocenters. The molecular weight excluding hydrogens is 304 g/mol. The lowest BCUT2D eigenvalue weighted by Gasteiger charge is -2.07. The maximum Gasteiger partial charge on any atom is 0.274 e. The van der Waals surface area contributed by atoms with Crippen LogP contribution in [0.3, 0.4) is 0 Å². The first kappa shape index (κ1) is 14.0. The number of hydrogen-bond donors (Lipinski definition) is 2. The second kappa shape index (κ2) is 5.88. The van der Waals surface area contributed by atoms with Gasteiger partial charge in [0.05, 0.1) is 0 Å². The van der Waals surface area contributed by atoms with E-state index in [4.69, 9.17) is 0 Å². The van der Waals surface area contributed by atoms with Gasteiger partial charge in [0.15, 0.2) is 0 Å². The van der Waals surface area contributed by atoms with Crippen molar-refractivity contribution in [2.45, 2.75) is 0 Å². The molecule has 0 aliphatic carbocycles. The van der Waals surface area contributed by atoms with Gasteiger partial charge in [0.2, 0.25) is 5.82 Å². The number of carbonyl (C=O) groups excluding carboxylic acids is 1. The van der Waals surface area contributed by atoms with Gasteiger partial charge in [0.1, 0.15) is 5.69 Å². The normalized spacial score (nSPS) is 10.7. The van der Waals surface area contributed by atoms with Crippen molar-refractivity contribution in [1.82, 2.24) is 25.6 Å². The molecule has 0 bridgehead atoms. The Labute approximate surface area is 136 Å². The molecule has 0 unspecified atom stereocenters. The van der Waals surface area contributed by atoms with Crippen LogP contribution in [0.15, 0.2) is 60.8 Å². The van der Waals surface area contributed by atoms with Gasteiger partial charge < -0.3 is 5.32 Å². The SMILES string of the molecule is O=C(Nc1ccc(-c2nn[nH]n2)cc1)c1nccc2ccccc12. The molecule has 0 aliphatic heterocycles. The van der Waals surface area contributed by atoms with Crippen molar-refractivity contribution in [3.8, 4) is 11.4 Å². The number of fused-ring (bicyclic) bond motifs is 1. The van der Waals surface area contributed by atoms with Crippen molar-refractivity contribution in [3.05, 3.63) is 66.5 Å². The van der Waals surface area contributed by atoms with Crippen LogP contribution >= 0.6 is 0 Å². The predicted molar refractivity (Wildman–Crippen MR) is 89.3 cm³/mol. The summed E-state index contributed by atoms with van der Waals surface area (Å²) in [7, 11) is 0. The number of benzene rings is 2. The predicted octanol–water partition coefficient (Wildman–Crippen LogP) is 2.67. The number of amides is 1. The van der Waals surface area contributed by atoms with Gasteiger partial charge in [0.25, 0.3) is 5.91 Å². The standard InChI is InChI=1S/C17H12N6O/c24-17(15-14-4-2-1-3-11(14)9-10-18-15)19-13-7-5-12(6-8-13)16-20-22-23-21-16/h1-10H,(H,19,24)(H,20,21,22,23). The third-order valence-corrected chi connectivity index (χ3v) is 3.64. The van der Waals surface area contributed by atoms with Crippen molar-refractivity contribution >= 4 is 22.4 Å². The molecule has 0 saturated heterocycles. The van der Waals surface area contributed by atoms with E-state index in [2.05, 4.69) is 30.9 Å². The lowest BCUT2D eigenvalue weighted by atomic mass is 10.1. The fourth-order valence-electron chi connectivity index (χ4n) is 2.48. The zero-order chi connectivity index (χ0) is 16.4. The van der Waals surface area contributed by atoms with Crippen molar-refractivity contribution < 1.29 is 4.79 Å². The molecule has 0 radical (unpaired) electrons. The lowest BCUT2D eigenvalue weighted by molar-refractivity contribution is 0.102. The summed E-state index contributed by atoms with van der Waals surface area (Å²) in [6, 6.07) is 16.7. The number of nitrogens with one attached hydrogen (secondary N) is 2. The molecule has 0 saturated carbocycles. The Morgan fingerprint density at radius 1 is 1.00 bits per heavy atom. The Morgan fingerprint density at radius 2 is 1.83 bits per heavy atom. The van der Waals surface area contributed by atoms with Gasteiger partial charge in [-0.2, -0.15) is 5.21 Å². The van der Waals surface area contributed by atoms with Crippen LogP contribution in [0, 0.1) is 0 Å². The number of hydrogen-bond acceptors (Lipinski definition) is 5. The van der Waals surface area contributed by atoms with Crippen LogP contribution in [-0.2, 0) is 0 Å². The second-order valence-corrected chi connectivity index (χ2v) is 5.15. The van der Waals surface area contributed by atoms with Crippen molar-refractivity contribution in [3.63, 3.8) is 0 Å². The van der Waals surface area contributed by atoms with Gasteiger partial charge in [-0.25, -0.2) is 0 Å². The number of pyridine rings is 1. The molecule has 0 aliphatic rings. The maximum atomic E-state index is 12.5. The average molecular weight is 316 g/mol. The van der Waals surface area contributed by atoms with Gasteiger partial charge in [-0.1, -0.05) is 24.3 Å². The monoisotopic (exact) mass is 316 g/mol. The number of nitrogens with zero attached hydrogens (tertiary/aromatic N) is 4. The van der Waals surface area contributed by atoms with Gasteiger partial charge in [0, 0.05) is 22.8 Å². The minimum Gasteiger partial charge on any atom is -0.321 e. The third kappa shape index (κ3) is 2.58. The summed E-state index contributed by atoms with van der Waals surface area (Å²) in [6.45, 7) is 0. The van der Waals surface area contributed by atoms with Crippen molar-refractivity contribution in [2.24, 2.45) is 0 Å². The molecule has 2 aromatic heterocycles. The van der Waals surface area contributed by atoms with Crippen LogP contribution in [0.25, 0.3) is 22.2 Å². The van der Waals surface area contributed by atoms with Crippen LogP contribution in [0.5, 0.6) is 0 Å². The molecule has 2 N–H and O–H groups in total. The van der Waals surface area contributed by atoms with Crippen molar-refractivity contribution in [2.75, 3.05) is 5.32 Å². The Balaban J connectivity index is 1.59.